The topological polar surface area (TPSA) is 38.0 Å². The van der Waals surface area contributed by atoms with Crippen LogP contribution in [0.15, 0.2) is 18.2 Å². The molecule has 1 atom stereocenters. The molecule has 0 spiro atoms. The first kappa shape index (κ1) is 8.85. The van der Waals surface area contributed by atoms with Crippen LogP contribution in [-0.2, 0) is 0 Å². The van der Waals surface area contributed by atoms with E-state index in [0.29, 0.717) is 16.8 Å². The van der Waals surface area contributed by atoms with E-state index in [4.69, 9.17) is 17.3 Å². The van der Waals surface area contributed by atoms with Crippen molar-refractivity contribution in [2.75, 3.05) is 12.3 Å². The number of rotatable bonds is 1. The van der Waals surface area contributed by atoms with Crippen LogP contribution in [0.5, 0.6) is 0 Å². The lowest BCUT2D eigenvalue weighted by atomic mass is 10.1. The fourth-order valence-electron chi connectivity index (χ4n) is 1.73. The van der Waals surface area contributed by atoms with Crippen molar-refractivity contribution < 1.29 is 0 Å². The van der Waals surface area contributed by atoms with E-state index in [1.165, 1.54) is 18.4 Å². The summed E-state index contributed by atoms with van der Waals surface area (Å²) >= 11 is 5.94. The molecule has 0 radical (unpaired) electrons. The predicted molar refractivity (Wildman–Crippen MR) is 55.8 cm³/mol. The van der Waals surface area contributed by atoms with Gasteiger partial charge < -0.3 is 11.1 Å². The lowest BCUT2D eigenvalue weighted by molar-refractivity contribution is 0.648. The maximum absolute atomic E-state index is 5.94. The van der Waals surface area contributed by atoms with Crippen LogP contribution in [0.4, 0.5) is 5.69 Å². The highest BCUT2D eigenvalue weighted by atomic mass is 35.5. The van der Waals surface area contributed by atoms with Crippen LogP contribution in [0, 0.1) is 0 Å². The zero-order chi connectivity index (χ0) is 9.26. The maximum atomic E-state index is 5.94. The second kappa shape index (κ2) is 3.56. The molecule has 0 amide bonds. The van der Waals surface area contributed by atoms with Crippen molar-refractivity contribution in [2.45, 2.75) is 18.9 Å². The van der Waals surface area contributed by atoms with Gasteiger partial charge in [0.25, 0.3) is 0 Å². The monoisotopic (exact) mass is 196 g/mol. The van der Waals surface area contributed by atoms with E-state index < -0.39 is 0 Å². The van der Waals surface area contributed by atoms with Crippen LogP contribution in [0.2, 0.25) is 5.02 Å². The van der Waals surface area contributed by atoms with E-state index in [1.807, 2.05) is 18.2 Å². The first-order chi connectivity index (χ1) is 6.27. The van der Waals surface area contributed by atoms with E-state index in [0.717, 1.165) is 6.54 Å². The molecule has 0 aromatic heterocycles. The second-order valence-corrected chi connectivity index (χ2v) is 3.84. The van der Waals surface area contributed by atoms with Crippen molar-refractivity contribution in [2.24, 2.45) is 0 Å². The average Bonchev–Trinajstić information content (AvgIpc) is 2.62. The Bertz CT molecular complexity index is 306. The molecule has 0 unspecified atom stereocenters. The number of anilines is 1. The van der Waals surface area contributed by atoms with Crippen LogP contribution in [-0.4, -0.2) is 6.54 Å². The van der Waals surface area contributed by atoms with Gasteiger partial charge in [0.15, 0.2) is 0 Å². The molecule has 13 heavy (non-hydrogen) atoms. The molecule has 1 aliphatic rings. The number of hydrogen-bond donors (Lipinski definition) is 2. The minimum Gasteiger partial charge on any atom is -0.398 e. The molecule has 70 valence electrons. The zero-order valence-electron chi connectivity index (χ0n) is 7.39. The average molecular weight is 197 g/mol. The molecule has 2 nitrogen and oxygen atoms in total. The molecule has 1 aromatic rings. The van der Waals surface area contributed by atoms with Gasteiger partial charge in [-0.2, -0.15) is 0 Å². The predicted octanol–water partition coefficient (Wildman–Crippen LogP) is 2.35. The van der Waals surface area contributed by atoms with E-state index in [2.05, 4.69) is 5.32 Å². The zero-order valence-corrected chi connectivity index (χ0v) is 8.14. The molecule has 1 aromatic carbocycles. The second-order valence-electron chi connectivity index (χ2n) is 3.43. The summed E-state index contributed by atoms with van der Waals surface area (Å²) in [6.45, 7) is 1.10. The Balaban J connectivity index is 2.25. The van der Waals surface area contributed by atoms with Crippen LogP contribution in [0.3, 0.4) is 0 Å². The van der Waals surface area contributed by atoms with E-state index in [-0.39, 0.29) is 0 Å². The highest BCUT2D eigenvalue weighted by Crippen LogP contribution is 2.27. The van der Waals surface area contributed by atoms with Gasteiger partial charge in [-0.3, -0.25) is 0 Å². The molecular weight excluding hydrogens is 184 g/mol. The Labute approximate surface area is 83.1 Å². The number of nitrogen functional groups attached to an aromatic ring is 1. The quantitative estimate of drug-likeness (QED) is 0.677. The summed E-state index contributed by atoms with van der Waals surface area (Å²) in [6.07, 6.45) is 2.44. The molecule has 0 bridgehead atoms. The minimum atomic E-state index is 0.470. The molecule has 3 heteroatoms. The fraction of sp³-hybridized carbons (Fsp3) is 0.400. The normalized spacial score (nSPS) is 22.1. The van der Waals surface area contributed by atoms with Crippen molar-refractivity contribution in [1.82, 2.24) is 5.32 Å². The summed E-state index contributed by atoms with van der Waals surface area (Å²) in [7, 11) is 0. The fourth-order valence-corrected chi connectivity index (χ4v) is 1.92. The summed E-state index contributed by atoms with van der Waals surface area (Å²) in [5, 5.41) is 4.08. The molecule has 1 aliphatic heterocycles. The summed E-state index contributed by atoms with van der Waals surface area (Å²) in [5.74, 6) is 0. The third kappa shape index (κ3) is 1.79. The summed E-state index contributed by atoms with van der Waals surface area (Å²) < 4.78 is 0. The van der Waals surface area contributed by atoms with Crippen molar-refractivity contribution in [1.29, 1.82) is 0 Å². The van der Waals surface area contributed by atoms with Crippen LogP contribution in [0.25, 0.3) is 0 Å². The van der Waals surface area contributed by atoms with Crippen molar-refractivity contribution in [3.05, 3.63) is 28.8 Å². The Morgan fingerprint density at radius 2 is 2.31 bits per heavy atom. The first-order valence-electron chi connectivity index (χ1n) is 4.55. The lowest BCUT2D eigenvalue weighted by Crippen LogP contribution is -2.12. The van der Waals surface area contributed by atoms with E-state index in [9.17, 15) is 0 Å². The third-order valence-electron chi connectivity index (χ3n) is 2.49. The lowest BCUT2D eigenvalue weighted by Gasteiger charge is -2.11. The molecule has 3 N–H and O–H groups in total. The Kier molecular flexibility index (Phi) is 2.42. The highest BCUT2D eigenvalue weighted by Gasteiger charge is 2.16. The van der Waals surface area contributed by atoms with Gasteiger partial charge in [-0.25, -0.2) is 0 Å². The van der Waals surface area contributed by atoms with Gasteiger partial charge in [0.1, 0.15) is 0 Å². The van der Waals surface area contributed by atoms with Crippen LogP contribution >= 0.6 is 11.6 Å². The third-order valence-corrected chi connectivity index (χ3v) is 2.81. The van der Waals surface area contributed by atoms with Gasteiger partial charge >= 0.3 is 0 Å². The molecule has 0 saturated carbocycles. The number of hydrogen-bond acceptors (Lipinski definition) is 2. The number of nitrogens with one attached hydrogen (secondary N) is 1. The molecule has 2 rings (SSSR count). The smallest absolute Gasteiger partial charge is 0.0638 e. The summed E-state index contributed by atoms with van der Waals surface area (Å²) in [4.78, 5) is 0. The Morgan fingerprint density at radius 1 is 1.46 bits per heavy atom. The van der Waals surface area contributed by atoms with Crippen LogP contribution < -0.4 is 11.1 Å². The van der Waals surface area contributed by atoms with Gasteiger partial charge in [-0.15, -0.1) is 0 Å². The van der Waals surface area contributed by atoms with Gasteiger partial charge in [-0.05, 0) is 37.1 Å². The maximum Gasteiger partial charge on any atom is 0.0638 e. The summed E-state index contributed by atoms with van der Waals surface area (Å²) in [6, 6.07) is 6.35. The molecule has 1 saturated heterocycles. The van der Waals surface area contributed by atoms with Crippen molar-refractivity contribution in [3.8, 4) is 0 Å². The summed E-state index contributed by atoms with van der Waals surface area (Å²) in [5.41, 5.74) is 7.54. The number of benzene rings is 1. The molecular formula is C10H13ClN2. The minimum absolute atomic E-state index is 0.470. The highest BCUT2D eigenvalue weighted by molar-refractivity contribution is 6.33. The molecule has 1 fully saturated rings. The van der Waals surface area contributed by atoms with E-state index >= 15 is 0 Å². The van der Waals surface area contributed by atoms with Gasteiger partial charge in [0.05, 0.1) is 10.7 Å². The molecule has 1 heterocycles. The number of halogens is 1. The van der Waals surface area contributed by atoms with Crippen LogP contribution in [0.1, 0.15) is 24.4 Å². The largest absolute Gasteiger partial charge is 0.398 e. The van der Waals surface area contributed by atoms with E-state index in [1.54, 1.807) is 0 Å². The van der Waals surface area contributed by atoms with Gasteiger partial charge in [0, 0.05) is 6.04 Å². The van der Waals surface area contributed by atoms with Crippen molar-refractivity contribution in [3.63, 3.8) is 0 Å². The van der Waals surface area contributed by atoms with Gasteiger partial charge in [0.2, 0.25) is 0 Å². The molecule has 0 aliphatic carbocycles. The number of nitrogens with two attached hydrogens (primary N) is 1. The van der Waals surface area contributed by atoms with Crippen molar-refractivity contribution >= 4 is 17.3 Å². The standard InChI is InChI=1S/C10H13ClN2/c11-8-6-7(3-4-9(8)12)10-2-1-5-13-10/h3-4,6,10,13H,1-2,5,12H2/t10-/m1/s1. The Hall–Kier alpha value is -0.730. The Morgan fingerprint density at radius 3 is 2.92 bits per heavy atom. The SMILES string of the molecule is Nc1ccc([C@H]2CCCN2)cc1Cl. The first-order valence-corrected chi connectivity index (χ1v) is 4.93. The van der Waals surface area contributed by atoms with Gasteiger partial charge in [-0.1, -0.05) is 17.7 Å².